The third-order valence-corrected chi connectivity index (χ3v) is 2.54. The molecule has 3 nitrogen and oxygen atoms in total. The molecule has 0 heterocycles. The highest BCUT2D eigenvalue weighted by atomic mass is 32.2. The van der Waals surface area contributed by atoms with Gasteiger partial charge < -0.3 is 11.1 Å². The van der Waals surface area contributed by atoms with Gasteiger partial charge in [0.05, 0.1) is 6.04 Å². The Bertz CT molecular complexity index is 151. The zero-order valence-electron chi connectivity index (χ0n) is 8.67. The van der Waals surface area contributed by atoms with Gasteiger partial charge in [0, 0.05) is 6.54 Å². The Labute approximate surface area is 84.8 Å². The number of rotatable bonds is 6. The summed E-state index contributed by atoms with van der Waals surface area (Å²) in [5.41, 5.74) is 5.66. The molecule has 0 bridgehead atoms. The number of thioether (sulfide) groups is 1. The smallest absolute Gasteiger partial charge is 0.237 e. The molecule has 0 aromatic rings. The first-order valence-electron chi connectivity index (χ1n) is 4.61. The second kappa shape index (κ2) is 7.21. The van der Waals surface area contributed by atoms with E-state index in [-0.39, 0.29) is 17.9 Å². The Morgan fingerprint density at radius 2 is 2.15 bits per heavy atom. The molecule has 0 saturated heterocycles. The highest BCUT2D eigenvalue weighted by molar-refractivity contribution is 7.98. The van der Waals surface area contributed by atoms with Crippen molar-refractivity contribution in [1.82, 2.24) is 5.32 Å². The third kappa shape index (κ3) is 5.93. The zero-order chi connectivity index (χ0) is 10.3. The minimum absolute atomic E-state index is 0.0314. The van der Waals surface area contributed by atoms with Gasteiger partial charge in [0.15, 0.2) is 0 Å². The molecule has 0 aromatic carbocycles. The van der Waals surface area contributed by atoms with E-state index in [9.17, 15) is 4.79 Å². The molecule has 0 aliphatic rings. The average molecular weight is 204 g/mol. The minimum Gasteiger partial charge on any atom is -0.355 e. The van der Waals surface area contributed by atoms with Gasteiger partial charge in [0.1, 0.15) is 0 Å². The lowest BCUT2D eigenvalue weighted by Crippen LogP contribution is -2.44. The number of nitrogens with two attached hydrogens (primary N) is 1. The van der Waals surface area contributed by atoms with Crippen LogP contribution in [0.4, 0.5) is 0 Å². The van der Waals surface area contributed by atoms with Crippen molar-refractivity contribution in [2.24, 2.45) is 11.7 Å². The molecular formula is C9H20N2OS. The van der Waals surface area contributed by atoms with E-state index in [0.29, 0.717) is 0 Å². The fourth-order valence-corrected chi connectivity index (χ4v) is 1.28. The van der Waals surface area contributed by atoms with Gasteiger partial charge in [-0.05, 0) is 24.3 Å². The first kappa shape index (κ1) is 12.8. The summed E-state index contributed by atoms with van der Waals surface area (Å²) in [6, 6.07) is -0.366. The van der Waals surface area contributed by atoms with Gasteiger partial charge in [-0.25, -0.2) is 0 Å². The lowest BCUT2D eigenvalue weighted by atomic mass is 10.1. The van der Waals surface area contributed by atoms with E-state index in [1.165, 1.54) is 0 Å². The van der Waals surface area contributed by atoms with Crippen LogP contribution in [0.15, 0.2) is 0 Å². The quantitative estimate of drug-likeness (QED) is 0.630. The van der Waals surface area contributed by atoms with Crippen LogP contribution in [0, 0.1) is 5.92 Å². The SMILES string of the molecule is CSCCCNC(=O)C(N)C(C)C. The highest BCUT2D eigenvalue weighted by Gasteiger charge is 2.15. The maximum absolute atomic E-state index is 11.3. The van der Waals surface area contributed by atoms with Crippen LogP contribution in [-0.4, -0.2) is 30.5 Å². The molecule has 0 spiro atoms. The molecule has 0 aliphatic carbocycles. The van der Waals surface area contributed by atoms with Crippen molar-refractivity contribution in [1.29, 1.82) is 0 Å². The summed E-state index contributed by atoms with van der Waals surface area (Å²) in [5, 5.41) is 2.82. The Morgan fingerprint density at radius 1 is 1.54 bits per heavy atom. The van der Waals surface area contributed by atoms with Crippen LogP contribution >= 0.6 is 11.8 Å². The number of amides is 1. The fourth-order valence-electron chi connectivity index (χ4n) is 0.849. The number of carbonyl (C=O) groups is 1. The highest BCUT2D eigenvalue weighted by Crippen LogP contribution is 1.98. The van der Waals surface area contributed by atoms with Crippen molar-refractivity contribution in [3.8, 4) is 0 Å². The second-order valence-corrected chi connectivity index (χ2v) is 4.39. The lowest BCUT2D eigenvalue weighted by molar-refractivity contribution is -0.123. The van der Waals surface area contributed by atoms with Crippen molar-refractivity contribution in [2.75, 3.05) is 18.6 Å². The summed E-state index contributed by atoms with van der Waals surface area (Å²) in [5.74, 6) is 1.26. The Kier molecular flexibility index (Phi) is 7.09. The molecule has 13 heavy (non-hydrogen) atoms. The van der Waals surface area contributed by atoms with Gasteiger partial charge in [0.2, 0.25) is 5.91 Å². The fraction of sp³-hybridized carbons (Fsp3) is 0.889. The van der Waals surface area contributed by atoms with Crippen LogP contribution in [0.3, 0.4) is 0 Å². The minimum atomic E-state index is -0.366. The first-order valence-corrected chi connectivity index (χ1v) is 6.01. The van der Waals surface area contributed by atoms with Crippen LogP contribution in [0.2, 0.25) is 0 Å². The monoisotopic (exact) mass is 204 g/mol. The van der Waals surface area contributed by atoms with Crippen LogP contribution < -0.4 is 11.1 Å². The Morgan fingerprint density at radius 3 is 2.62 bits per heavy atom. The molecule has 3 N–H and O–H groups in total. The van der Waals surface area contributed by atoms with Gasteiger partial charge in [-0.3, -0.25) is 4.79 Å². The summed E-state index contributed by atoms with van der Waals surface area (Å²) >= 11 is 1.79. The Hall–Kier alpha value is -0.220. The predicted molar refractivity (Wildman–Crippen MR) is 58.8 cm³/mol. The van der Waals surface area contributed by atoms with Gasteiger partial charge in [0.25, 0.3) is 0 Å². The molecule has 0 saturated carbocycles. The number of nitrogens with one attached hydrogen (secondary N) is 1. The van der Waals surface area contributed by atoms with E-state index in [0.717, 1.165) is 18.7 Å². The summed E-state index contributed by atoms with van der Waals surface area (Å²) < 4.78 is 0. The summed E-state index contributed by atoms with van der Waals surface area (Å²) in [4.78, 5) is 11.3. The van der Waals surface area contributed by atoms with Crippen LogP contribution in [-0.2, 0) is 4.79 Å². The topological polar surface area (TPSA) is 55.1 Å². The molecular weight excluding hydrogens is 184 g/mol. The van der Waals surface area contributed by atoms with Crippen LogP contribution in [0.25, 0.3) is 0 Å². The third-order valence-electron chi connectivity index (χ3n) is 1.85. The first-order chi connectivity index (χ1) is 6.09. The van der Waals surface area contributed by atoms with E-state index >= 15 is 0 Å². The van der Waals surface area contributed by atoms with Crippen molar-refractivity contribution in [3.63, 3.8) is 0 Å². The molecule has 0 aliphatic heterocycles. The number of hydrogen-bond acceptors (Lipinski definition) is 3. The Balaban J connectivity index is 3.50. The van der Waals surface area contributed by atoms with Crippen LogP contribution in [0.1, 0.15) is 20.3 Å². The normalized spacial score (nSPS) is 13.0. The van der Waals surface area contributed by atoms with Crippen molar-refractivity contribution in [2.45, 2.75) is 26.3 Å². The summed E-state index contributed by atoms with van der Waals surface area (Å²) in [6.45, 7) is 4.64. The zero-order valence-corrected chi connectivity index (χ0v) is 9.49. The van der Waals surface area contributed by atoms with E-state index < -0.39 is 0 Å². The second-order valence-electron chi connectivity index (χ2n) is 3.41. The van der Waals surface area contributed by atoms with Crippen molar-refractivity contribution >= 4 is 17.7 Å². The molecule has 0 fully saturated rings. The molecule has 4 heteroatoms. The molecule has 0 rings (SSSR count). The summed E-state index contributed by atoms with van der Waals surface area (Å²) in [7, 11) is 0. The summed E-state index contributed by atoms with van der Waals surface area (Å²) in [6.07, 6.45) is 3.07. The van der Waals surface area contributed by atoms with Gasteiger partial charge >= 0.3 is 0 Å². The number of hydrogen-bond donors (Lipinski definition) is 2. The van der Waals surface area contributed by atoms with E-state index in [1.807, 2.05) is 13.8 Å². The molecule has 78 valence electrons. The van der Waals surface area contributed by atoms with Crippen molar-refractivity contribution in [3.05, 3.63) is 0 Å². The van der Waals surface area contributed by atoms with Gasteiger partial charge in [-0.1, -0.05) is 13.8 Å². The molecule has 1 unspecified atom stereocenters. The molecule has 1 amide bonds. The predicted octanol–water partition coefficient (Wildman–Crippen LogP) is 0.839. The molecule has 0 aromatic heterocycles. The van der Waals surface area contributed by atoms with Crippen molar-refractivity contribution < 1.29 is 4.79 Å². The van der Waals surface area contributed by atoms with Gasteiger partial charge in [-0.15, -0.1) is 0 Å². The maximum atomic E-state index is 11.3. The lowest BCUT2D eigenvalue weighted by Gasteiger charge is -2.14. The largest absolute Gasteiger partial charge is 0.355 e. The van der Waals surface area contributed by atoms with Crippen LogP contribution in [0.5, 0.6) is 0 Å². The molecule has 1 atom stereocenters. The number of carbonyl (C=O) groups excluding carboxylic acids is 1. The van der Waals surface area contributed by atoms with Gasteiger partial charge in [-0.2, -0.15) is 11.8 Å². The van der Waals surface area contributed by atoms with E-state index in [4.69, 9.17) is 5.73 Å². The van der Waals surface area contributed by atoms with E-state index in [2.05, 4.69) is 11.6 Å². The molecule has 0 radical (unpaired) electrons. The standard InChI is InChI=1S/C9H20N2OS/c1-7(2)8(10)9(12)11-5-4-6-13-3/h7-8H,4-6,10H2,1-3H3,(H,11,12). The van der Waals surface area contributed by atoms with E-state index in [1.54, 1.807) is 11.8 Å². The maximum Gasteiger partial charge on any atom is 0.237 e. The average Bonchev–Trinajstić information content (AvgIpc) is 2.10.